The fourth-order valence-electron chi connectivity index (χ4n) is 2.79. The van der Waals surface area contributed by atoms with E-state index < -0.39 is 10.0 Å². The number of rotatable bonds is 3. The molecule has 0 spiro atoms. The van der Waals surface area contributed by atoms with Crippen molar-refractivity contribution in [2.24, 2.45) is 0 Å². The number of piperazine rings is 1. The van der Waals surface area contributed by atoms with Gasteiger partial charge in [0.1, 0.15) is 9.73 Å². The summed E-state index contributed by atoms with van der Waals surface area (Å²) in [5, 5.41) is 0. The van der Waals surface area contributed by atoms with Gasteiger partial charge in [0.25, 0.3) is 16.0 Å². The van der Waals surface area contributed by atoms with Crippen LogP contribution in [0.5, 0.6) is 0 Å². The van der Waals surface area contributed by atoms with E-state index in [1.807, 2.05) is 42.2 Å². The van der Waals surface area contributed by atoms with E-state index in [1.165, 1.54) is 15.6 Å². The van der Waals surface area contributed by atoms with E-state index in [1.54, 1.807) is 6.07 Å². The van der Waals surface area contributed by atoms with Gasteiger partial charge in [-0.15, -0.1) is 11.3 Å². The van der Waals surface area contributed by atoms with E-state index in [0.29, 0.717) is 36.4 Å². The number of anilines is 1. The first kappa shape index (κ1) is 15.6. The average Bonchev–Trinajstić information content (AvgIpc) is 3.21. The molecule has 3 aromatic rings. The Morgan fingerprint density at radius 1 is 1.08 bits per heavy atom. The summed E-state index contributed by atoms with van der Waals surface area (Å²) in [7, 11) is -3.40. The van der Waals surface area contributed by atoms with Crippen molar-refractivity contribution in [3.63, 3.8) is 0 Å². The number of aromatic nitrogens is 1. The van der Waals surface area contributed by atoms with Crippen LogP contribution >= 0.6 is 11.3 Å². The van der Waals surface area contributed by atoms with Gasteiger partial charge in [0.05, 0.1) is 0 Å². The first-order valence-corrected chi connectivity index (χ1v) is 9.97. The minimum Gasteiger partial charge on any atom is -0.423 e. The van der Waals surface area contributed by atoms with Gasteiger partial charge in [-0.1, -0.05) is 12.1 Å². The van der Waals surface area contributed by atoms with Crippen LogP contribution in [0, 0.1) is 6.92 Å². The van der Waals surface area contributed by atoms with Gasteiger partial charge in [-0.3, -0.25) is 0 Å². The molecule has 1 aliphatic rings. The Balaban J connectivity index is 1.50. The lowest BCUT2D eigenvalue weighted by Gasteiger charge is -2.32. The minimum atomic E-state index is -3.40. The quantitative estimate of drug-likeness (QED) is 0.716. The van der Waals surface area contributed by atoms with Crippen molar-refractivity contribution in [1.82, 2.24) is 9.29 Å². The maximum atomic E-state index is 12.7. The lowest BCUT2D eigenvalue weighted by Crippen LogP contribution is -2.48. The number of hydrogen-bond donors (Lipinski definition) is 0. The van der Waals surface area contributed by atoms with Crippen LogP contribution in [0.2, 0.25) is 0 Å². The molecule has 0 amide bonds. The van der Waals surface area contributed by atoms with Crippen molar-refractivity contribution in [2.45, 2.75) is 11.1 Å². The van der Waals surface area contributed by atoms with E-state index in [-0.39, 0.29) is 0 Å². The molecule has 1 fully saturated rings. The molecule has 3 heterocycles. The van der Waals surface area contributed by atoms with Crippen molar-refractivity contribution >= 4 is 38.5 Å². The smallest absolute Gasteiger partial charge is 0.298 e. The number of thiophene rings is 1. The molecule has 126 valence electrons. The first-order valence-electron chi connectivity index (χ1n) is 7.71. The molecule has 1 aliphatic heterocycles. The number of nitrogens with zero attached hydrogens (tertiary/aromatic N) is 3. The molecule has 1 saturated heterocycles. The normalized spacial score (nSPS) is 16.8. The van der Waals surface area contributed by atoms with Gasteiger partial charge < -0.3 is 9.32 Å². The maximum Gasteiger partial charge on any atom is 0.298 e. The summed E-state index contributed by atoms with van der Waals surface area (Å²) in [5.74, 6) is 0. The number of sulfonamides is 1. The highest BCUT2D eigenvalue weighted by Gasteiger charge is 2.30. The predicted molar refractivity (Wildman–Crippen MR) is 94.0 cm³/mol. The Hall–Kier alpha value is -1.90. The summed E-state index contributed by atoms with van der Waals surface area (Å²) in [6.45, 7) is 3.90. The molecule has 4 rings (SSSR count). The summed E-state index contributed by atoms with van der Waals surface area (Å²) in [6, 6.07) is 11.7. The fourth-order valence-corrected chi connectivity index (χ4v) is 5.65. The second-order valence-corrected chi connectivity index (χ2v) is 9.17. The van der Waals surface area contributed by atoms with Crippen molar-refractivity contribution < 1.29 is 12.8 Å². The van der Waals surface area contributed by atoms with Crippen LogP contribution in [-0.4, -0.2) is 43.9 Å². The number of benzene rings is 1. The molecule has 0 saturated carbocycles. The largest absolute Gasteiger partial charge is 0.423 e. The average molecular weight is 363 g/mol. The highest BCUT2D eigenvalue weighted by atomic mass is 32.2. The SMILES string of the molecule is Cc1ccc(S(=O)(=O)N2CCN(c3nc4ccccc4o3)CC2)s1. The van der Waals surface area contributed by atoms with E-state index in [4.69, 9.17) is 4.42 Å². The van der Waals surface area contributed by atoms with E-state index >= 15 is 0 Å². The summed E-state index contributed by atoms with van der Waals surface area (Å²) in [4.78, 5) is 7.47. The summed E-state index contributed by atoms with van der Waals surface area (Å²) < 4.78 is 33.0. The zero-order valence-electron chi connectivity index (χ0n) is 13.2. The molecular weight excluding hydrogens is 346 g/mol. The third kappa shape index (κ3) is 2.70. The molecular formula is C16H17N3O3S2. The number of para-hydroxylation sites is 2. The zero-order chi connectivity index (χ0) is 16.7. The second kappa shape index (κ2) is 5.87. The van der Waals surface area contributed by atoms with Gasteiger partial charge in [0.2, 0.25) is 0 Å². The van der Waals surface area contributed by atoms with E-state index in [0.717, 1.165) is 16.0 Å². The first-order chi connectivity index (χ1) is 11.5. The Bertz CT molecular complexity index is 936. The second-order valence-electron chi connectivity index (χ2n) is 5.72. The number of oxazole rings is 1. The molecule has 1 aromatic carbocycles. The predicted octanol–water partition coefficient (Wildman–Crippen LogP) is 2.71. The van der Waals surface area contributed by atoms with Crippen LogP contribution in [0.4, 0.5) is 6.01 Å². The van der Waals surface area contributed by atoms with Crippen LogP contribution in [-0.2, 0) is 10.0 Å². The molecule has 0 atom stereocenters. The summed E-state index contributed by atoms with van der Waals surface area (Å²) >= 11 is 1.31. The molecule has 2 aromatic heterocycles. The molecule has 0 bridgehead atoms. The summed E-state index contributed by atoms with van der Waals surface area (Å²) in [6.07, 6.45) is 0. The molecule has 0 unspecified atom stereocenters. The Kier molecular flexibility index (Phi) is 3.82. The van der Waals surface area contributed by atoms with E-state index in [9.17, 15) is 8.42 Å². The molecule has 0 aliphatic carbocycles. The van der Waals surface area contributed by atoms with Crippen molar-refractivity contribution in [3.05, 3.63) is 41.3 Å². The Labute approximate surface area is 144 Å². The van der Waals surface area contributed by atoms with Crippen LogP contribution in [0.1, 0.15) is 4.88 Å². The van der Waals surface area contributed by atoms with Crippen molar-refractivity contribution in [2.75, 3.05) is 31.1 Å². The Morgan fingerprint density at radius 2 is 1.83 bits per heavy atom. The molecule has 24 heavy (non-hydrogen) atoms. The molecule has 0 N–H and O–H groups in total. The lowest BCUT2D eigenvalue weighted by atomic mass is 10.3. The number of fused-ring (bicyclic) bond motifs is 1. The van der Waals surface area contributed by atoms with Crippen LogP contribution < -0.4 is 4.90 Å². The molecule has 6 nitrogen and oxygen atoms in total. The highest BCUT2D eigenvalue weighted by molar-refractivity contribution is 7.91. The topological polar surface area (TPSA) is 66.7 Å². The number of hydrogen-bond acceptors (Lipinski definition) is 6. The van der Waals surface area contributed by atoms with Crippen LogP contribution in [0.25, 0.3) is 11.1 Å². The lowest BCUT2D eigenvalue weighted by molar-refractivity contribution is 0.374. The van der Waals surface area contributed by atoms with Gasteiger partial charge >= 0.3 is 0 Å². The standard InChI is InChI=1S/C16H17N3O3S2/c1-12-6-7-15(23-12)24(20,21)19-10-8-18(9-11-19)16-17-13-4-2-3-5-14(13)22-16/h2-7H,8-11H2,1H3. The summed E-state index contributed by atoms with van der Waals surface area (Å²) in [5.41, 5.74) is 1.56. The third-order valence-corrected chi connectivity index (χ3v) is 7.47. The van der Waals surface area contributed by atoms with Gasteiger partial charge in [0, 0.05) is 31.1 Å². The minimum absolute atomic E-state index is 0.412. The van der Waals surface area contributed by atoms with Crippen molar-refractivity contribution in [1.29, 1.82) is 0 Å². The number of aryl methyl sites for hydroxylation is 1. The zero-order valence-corrected chi connectivity index (χ0v) is 14.8. The van der Waals surface area contributed by atoms with Crippen LogP contribution in [0.3, 0.4) is 0 Å². The van der Waals surface area contributed by atoms with E-state index in [2.05, 4.69) is 4.98 Å². The van der Waals surface area contributed by atoms with Gasteiger partial charge in [0.15, 0.2) is 5.58 Å². The molecule has 8 heteroatoms. The maximum absolute atomic E-state index is 12.7. The Morgan fingerprint density at radius 3 is 2.50 bits per heavy atom. The van der Waals surface area contributed by atoms with Crippen LogP contribution in [0.15, 0.2) is 45.0 Å². The van der Waals surface area contributed by atoms with Gasteiger partial charge in [-0.25, -0.2) is 8.42 Å². The molecule has 0 radical (unpaired) electrons. The van der Waals surface area contributed by atoms with Gasteiger partial charge in [-0.05, 0) is 31.2 Å². The fraction of sp³-hybridized carbons (Fsp3) is 0.312. The monoisotopic (exact) mass is 363 g/mol. The third-order valence-electron chi connectivity index (χ3n) is 4.10. The van der Waals surface area contributed by atoms with Crippen molar-refractivity contribution in [3.8, 4) is 0 Å². The highest BCUT2D eigenvalue weighted by Crippen LogP contribution is 2.27. The van der Waals surface area contributed by atoms with Gasteiger partial charge in [-0.2, -0.15) is 9.29 Å².